The summed E-state index contributed by atoms with van der Waals surface area (Å²) in [7, 11) is 0. The zero-order valence-corrected chi connectivity index (χ0v) is 9.88. The van der Waals surface area contributed by atoms with Crippen LogP contribution < -0.4 is 0 Å². The second kappa shape index (κ2) is 5.01. The predicted molar refractivity (Wildman–Crippen MR) is 65.2 cm³/mol. The molecule has 0 aliphatic rings. The van der Waals surface area contributed by atoms with Crippen LogP contribution in [0.2, 0.25) is 0 Å². The van der Waals surface area contributed by atoms with E-state index in [1.165, 1.54) is 16.7 Å². The molecule has 0 unspecified atom stereocenters. The van der Waals surface area contributed by atoms with Crippen molar-refractivity contribution < 1.29 is 5.11 Å². The molecule has 82 valence electrons. The summed E-state index contributed by atoms with van der Waals surface area (Å²) in [6.07, 6.45) is 1.92. The monoisotopic (exact) mass is 204 g/mol. The van der Waals surface area contributed by atoms with Gasteiger partial charge in [-0.2, -0.15) is 0 Å². The number of aliphatic hydroxyl groups excluding tert-OH is 1. The lowest BCUT2D eigenvalue weighted by Crippen LogP contribution is -2.06. The Kier molecular flexibility index (Phi) is 3.96. The van der Waals surface area contributed by atoms with Crippen LogP contribution in [-0.4, -0.2) is 5.11 Å². The summed E-state index contributed by atoms with van der Waals surface area (Å²) in [6, 6.07) is 6.38. The molecular weight excluding hydrogens is 184 g/mol. The highest BCUT2D eigenvalue weighted by Gasteiger charge is 2.11. The summed E-state index contributed by atoms with van der Waals surface area (Å²) in [5.74, 6) is 0.414. The van der Waals surface area contributed by atoms with Crippen LogP contribution in [-0.2, 0) is 12.8 Å². The molecule has 0 aliphatic carbocycles. The third kappa shape index (κ3) is 2.85. The minimum absolute atomic E-state index is 0.136. The Hall–Kier alpha value is -1.24. The van der Waals surface area contributed by atoms with Crippen LogP contribution in [0.4, 0.5) is 0 Å². The smallest absolute Gasteiger partial charge is 0.0882 e. The maximum absolute atomic E-state index is 9.34. The SMILES string of the molecule is C=C(O)[C@H](C)Cc1c(C)cccc1CC. The highest BCUT2D eigenvalue weighted by atomic mass is 16.3. The van der Waals surface area contributed by atoms with E-state index in [1.54, 1.807) is 0 Å². The van der Waals surface area contributed by atoms with Gasteiger partial charge in [-0.1, -0.05) is 38.6 Å². The Labute approximate surface area is 92.5 Å². The topological polar surface area (TPSA) is 20.2 Å². The standard InChI is InChI=1S/C14H20O/c1-5-13-8-6-7-10(2)14(13)9-11(3)12(4)15/h6-8,11,15H,4-5,9H2,1-3H3/t11-/m1/s1. The van der Waals surface area contributed by atoms with Crippen molar-refractivity contribution in [3.63, 3.8) is 0 Å². The minimum atomic E-state index is 0.136. The van der Waals surface area contributed by atoms with Crippen molar-refractivity contribution in [2.24, 2.45) is 5.92 Å². The van der Waals surface area contributed by atoms with Gasteiger partial charge in [0.25, 0.3) is 0 Å². The first-order valence-electron chi connectivity index (χ1n) is 5.51. The molecule has 0 saturated heterocycles. The lowest BCUT2D eigenvalue weighted by molar-refractivity contribution is 0.342. The van der Waals surface area contributed by atoms with Crippen molar-refractivity contribution in [2.45, 2.75) is 33.6 Å². The van der Waals surface area contributed by atoms with Crippen LogP contribution in [0.15, 0.2) is 30.5 Å². The molecule has 0 bridgehead atoms. The molecule has 0 heterocycles. The lowest BCUT2D eigenvalue weighted by atomic mass is 9.91. The molecule has 0 fully saturated rings. The largest absolute Gasteiger partial charge is 0.513 e. The molecule has 15 heavy (non-hydrogen) atoms. The van der Waals surface area contributed by atoms with Gasteiger partial charge in [-0.15, -0.1) is 0 Å². The van der Waals surface area contributed by atoms with Gasteiger partial charge in [0.15, 0.2) is 0 Å². The van der Waals surface area contributed by atoms with E-state index in [-0.39, 0.29) is 11.7 Å². The van der Waals surface area contributed by atoms with E-state index in [9.17, 15) is 5.11 Å². The van der Waals surface area contributed by atoms with Gasteiger partial charge in [-0.3, -0.25) is 0 Å². The van der Waals surface area contributed by atoms with Gasteiger partial charge in [-0.05, 0) is 36.5 Å². The fraction of sp³-hybridized carbons (Fsp3) is 0.429. The van der Waals surface area contributed by atoms with Gasteiger partial charge in [0.2, 0.25) is 0 Å². The van der Waals surface area contributed by atoms with Gasteiger partial charge >= 0.3 is 0 Å². The van der Waals surface area contributed by atoms with E-state index < -0.39 is 0 Å². The molecule has 1 atom stereocenters. The van der Waals surface area contributed by atoms with Crippen LogP contribution in [0, 0.1) is 12.8 Å². The second-order valence-electron chi connectivity index (χ2n) is 4.16. The Morgan fingerprint density at radius 1 is 1.47 bits per heavy atom. The van der Waals surface area contributed by atoms with E-state index >= 15 is 0 Å². The number of benzene rings is 1. The predicted octanol–water partition coefficient (Wildman–Crippen LogP) is 3.81. The zero-order valence-electron chi connectivity index (χ0n) is 9.88. The van der Waals surface area contributed by atoms with Crippen LogP contribution in [0.3, 0.4) is 0 Å². The molecule has 0 amide bonds. The highest BCUT2D eigenvalue weighted by Crippen LogP contribution is 2.21. The van der Waals surface area contributed by atoms with Crippen LogP contribution in [0.25, 0.3) is 0 Å². The van der Waals surface area contributed by atoms with E-state index in [0.717, 1.165) is 12.8 Å². The van der Waals surface area contributed by atoms with Crippen LogP contribution in [0.5, 0.6) is 0 Å². The molecule has 1 nitrogen and oxygen atoms in total. The van der Waals surface area contributed by atoms with Crippen LogP contribution >= 0.6 is 0 Å². The molecule has 0 saturated carbocycles. The number of hydrogen-bond donors (Lipinski definition) is 1. The van der Waals surface area contributed by atoms with Gasteiger partial charge in [0, 0.05) is 5.92 Å². The Morgan fingerprint density at radius 3 is 2.67 bits per heavy atom. The highest BCUT2D eigenvalue weighted by molar-refractivity contribution is 5.35. The van der Waals surface area contributed by atoms with Crippen molar-refractivity contribution >= 4 is 0 Å². The second-order valence-corrected chi connectivity index (χ2v) is 4.16. The Morgan fingerprint density at radius 2 is 2.13 bits per heavy atom. The zero-order chi connectivity index (χ0) is 11.4. The summed E-state index contributed by atoms with van der Waals surface area (Å²) in [6.45, 7) is 9.89. The average Bonchev–Trinajstić information content (AvgIpc) is 2.20. The molecule has 0 aliphatic heterocycles. The first-order chi connectivity index (χ1) is 7.06. The van der Waals surface area contributed by atoms with Gasteiger partial charge in [0.05, 0.1) is 5.76 Å². The molecule has 1 heteroatoms. The maximum Gasteiger partial charge on any atom is 0.0882 e. The Balaban J connectivity index is 2.97. The molecule has 1 aromatic rings. The summed E-state index contributed by atoms with van der Waals surface area (Å²) in [4.78, 5) is 0. The minimum Gasteiger partial charge on any atom is -0.513 e. The van der Waals surface area contributed by atoms with Gasteiger partial charge in [0.1, 0.15) is 0 Å². The average molecular weight is 204 g/mol. The molecule has 1 rings (SSSR count). The fourth-order valence-corrected chi connectivity index (χ4v) is 1.81. The molecule has 0 aromatic heterocycles. The molecule has 1 N–H and O–H groups in total. The van der Waals surface area contributed by atoms with Gasteiger partial charge in [-0.25, -0.2) is 0 Å². The summed E-state index contributed by atoms with van der Waals surface area (Å²) < 4.78 is 0. The molecule has 0 spiro atoms. The van der Waals surface area contributed by atoms with Crippen molar-refractivity contribution in [1.29, 1.82) is 0 Å². The third-order valence-electron chi connectivity index (χ3n) is 2.97. The fourth-order valence-electron chi connectivity index (χ4n) is 1.81. The van der Waals surface area contributed by atoms with E-state index in [1.807, 2.05) is 6.92 Å². The van der Waals surface area contributed by atoms with Crippen molar-refractivity contribution in [3.05, 3.63) is 47.2 Å². The van der Waals surface area contributed by atoms with Crippen molar-refractivity contribution in [3.8, 4) is 0 Å². The number of aryl methyl sites for hydroxylation is 2. The summed E-state index contributed by atoms with van der Waals surface area (Å²) in [5, 5.41) is 9.34. The normalized spacial score (nSPS) is 12.5. The number of rotatable bonds is 4. The van der Waals surface area contributed by atoms with Crippen molar-refractivity contribution in [1.82, 2.24) is 0 Å². The first-order valence-corrected chi connectivity index (χ1v) is 5.51. The molecular formula is C14H20O. The number of hydrogen-bond acceptors (Lipinski definition) is 1. The number of aliphatic hydroxyl groups is 1. The first kappa shape index (κ1) is 11.8. The third-order valence-corrected chi connectivity index (χ3v) is 2.97. The quantitative estimate of drug-likeness (QED) is 0.739. The van der Waals surface area contributed by atoms with Crippen LogP contribution in [0.1, 0.15) is 30.5 Å². The number of allylic oxidation sites excluding steroid dienone is 1. The van der Waals surface area contributed by atoms with E-state index in [4.69, 9.17) is 0 Å². The molecule has 1 aromatic carbocycles. The van der Waals surface area contributed by atoms with Gasteiger partial charge < -0.3 is 5.11 Å². The Bertz CT molecular complexity index is 352. The van der Waals surface area contributed by atoms with E-state index in [2.05, 4.69) is 38.6 Å². The van der Waals surface area contributed by atoms with Crippen molar-refractivity contribution in [2.75, 3.05) is 0 Å². The maximum atomic E-state index is 9.34. The van der Waals surface area contributed by atoms with E-state index in [0.29, 0.717) is 0 Å². The lowest BCUT2D eigenvalue weighted by Gasteiger charge is -2.15. The summed E-state index contributed by atoms with van der Waals surface area (Å²) >= 11 is 0. The molecule has 0 radical (unpaired) electrons. The summed E-state index contributed by atoms with van der Waals surface area (Å²) in [5.41, 5.74) is 4.05.